The largest absolute Gasteiger partial charge is 0.493 e. The third kappa shape index (κ3) is 3.74. The Kier molecular flexibility index (Phi) is 5.44. The van der Waals surface area contributed by atoms with Crippen molar-refractivity contribution >= 4 is 12.0 Å². The number of piperidine rings is 1. The van der Waals surface area contributed by atoms with Crippen molar-refractivity contribution in [3.63, 3.8) is 0 Å². The molecule has 2 atom stereocenters. The van der Waals surface area contributed by atoms with Gasteiger partial charge in [0.25, 0.3) is 0 Å². The molecule has 4 nitrogen and oxygen atoms in total. The van der Waals surface area contributed by atoms with Crippen LogP contribution in [0.2, 0.25) is 0 Å². The fraction of sp³-hybridized carbons (Fsp3) is 0.550. The van der Waals surface area contributed by atoms with Gasteiger partial charge in [-0.05, 0) is 48.4 Å². The van der Waals surface area contributed by atoms with Crippen LogP contribution in [0.4, 0.5) is 0 Å². The van der Waals surface area contributed by atoms with Gasteiger partial charge in [0.2, 0.25) is 5.91 Å². The first-order valence-electron chi connectivity index (χ1n) is 8.90. The van der Waals surface area contributed by atoms with E-state index >= 15 is 0 Å². The Bertz CT molecular complexity index is 611. The Balaban J connectivity index is 1.63. The number of carbonyl (C=O) groups is 1. The number of rotatable bonds is 4. The average Bonchev–Trinajstić information content (AvgIpc) is 2.65. The minimum Gasteiger partial charge on any atom is -0.493 e. The molecule has 0 unspecified atom stereocenters. The molecule has 1 aromatic carbocycles. The van der Waals surface area contributed by atoms with Crippen LogP contribution in [0.3, 0.4) is 0 Å². The van der Waals surface area contributed by atoms with Crippen molar-refractivity contribution < 1.29 is 14.3 Å². The van der Waals surface area contributed by atoms with Gasteiger partial charge in [-0.25, -0.2) is 0 Å². The highest BCUT2D eigenvalue weighted by Gasteiger charge is 2.32. The summed E-state index contributed by atoms with van der Waals surface area (Å²) in [5.41, 5.74) is 0.938. The molecule has 0 radical (unpaired) electrons. The first-order valence-corrected chi connectivity index (χ1v) is 8.90. The van der Waals surface area contributed by atoms with Gasteiger partial charge in [0.1, 0.15) is 0 Å². The van der Waals surface area contributed by atoms with Crippen LogP contribution < -0.4 is 9.47 Å². The smallest absolute Gasteiger partial charge is 0.246 e. The van der Waals surface area contributed by atoms with Gasteiger partial charge in [0, 0.05) is 19.2 Å². The number of fused-ring (bicyclic) bond motifs is 1. The molecule has 2 fully saturated rings. The average molecular weight is 329 g/mol. The number of ether oxygens (including phenoxy) is 2. The molecular weight excluding hydrogens is 302 g/mol. The van der Waals surface area contributed by atoms with E-state index in [2.05, 4.69) is 0 Å². The summed E-state index contributed by atoms with van der Waals surface area (Å²) in [6, 6.07) is 5.67. The van der Waals surface area contributed by atoms with Gasteiger partial charge in [-0.1, -0.05) is 25.3 Å². The van der Waals surface area contributed by atoms with Crippen molar-refractivity contribution in [1.29, 1.82) is 0 Å². The molecule has 3 rings (SSSR count). The lowest BCUT2D eigenvalue weighted by molar-refractivity contribution is -0.128. The number of benzene rings is 1. The minimum atomic E-state index is 0.119. The second kappa shape index (κ2) is 7.73. The summed E-state index contributed by atoms with van der Waals surface area (Å²) in [5.74, 6) is 3.05. The second-order valence-electron chi connectivity index (χ2n) is 6.83. The Morgan fingerprint density at radius 1 is 1.08 bits per heavy atom. The van der Waals surface area contributed by atoms with E-state index in [1.165, 1.54) is 32.1 Å². The Morgan fingerprint density at radius 2 is 1.83 bits per heavy atom. The fourth-order valence-corrected chi connectivity index (χ4v) is 4.03. The van der Waals surface area contributed by atoms with Crippen molar-refractivity contribution in [3.8, 4) is 11.5 Å². The van der Waals surface area contributed by atoms with Crippen molar-refractivity contribution in [2.24, 2.45) is 11.8 Å². The van der Waals surface area contributed by atoms with Crippen molar-refractivity contribution in [2.45, 2.75) is 32.1 Å². The molecule has 1 heterocycles. The summed E-state index contributed by atoms with van der Waals surface area (Å²) in [7, 11) is 3.23. The van der Waals surface area contributed by atoms with Gasteiger partial charge in [-0.3, -0.25) is 4.79 Å². The molecule has 1 aromatic rings. The van der Waals surface area contributed by atoms with Gasteiger partial charge in [-0.15, -0.1) is 0 Å². The lowest BCUT2D eigenvalue weighted by Crippen LogP contribution is -2.44. The van der Waals surface area contributed by atoms with Crippen molar-refractivity contribution in [1.82, 2.24) is 4.90 Å². The van der Waals surface area contributed by atoms with Crippen LogP contribution in [-0.2, 0) is 4.79 Å². The van der Waals surface area contributed by atoms with E-state index in [4.69, 9.17) is 9.47 Å². The molecule has 0 N–H and O–H groups in total. The highest BCUT2D eigenvalue weighted by Crippen LogP contribution is 2.36. The number of amides is 1. The van der Waals surface area contributed by atoms with Crippen LogP contribution >= 0.6 is 0 Å². The highest BCUT2D eigenvalue weighted by atomic mass is 16.5. The SMILES string of the molecule is COc1ccc(/C=C/C(=O)N2CC[C@H]3CCCC[C@H]3C2)cc1OC. The maximum atomic E-state index is 12.5. The van der Waals surface area contributed by atoms with E-state index in [1.54, 1.807) is 20.3 Å². The predicted octanol–water partition coefficient (Wildman–Crippen LogP) is 3.76. The monoisotopic (exact) mass is 329 g/mol. The number of nitrogens with zero attached hydrogens (tertiary/aromatic N) is 1. The summed E-state index contributed by atoms with van der Waals surface area (Å²) in [4.78, 5) is 14.5. The van der Waals surface area contributed by atoms with Crippen LogP contribution in [0.25, 0.3) is 6.08 Å². The standard InChI is InChI=1S/C20H27NO3/c1-23-18-9-7-15(13-19(18)24-2)8-10-20(22)21-12-11-16-5-3-4-6-17(16)14-21/h7-10,13,16-17H,3-6,11-12,14H2,1-2H3/b10-8+/t16-,17+/m1/s1. The Hall–Kier alpha value is -1.97. The van der Waals surface area contributed by atoms with Crippen LogP contribution in [0, 0.1) is 11.8 Å². The molecule has 0 aromatic heterocycles. The second-order valence-corrected chi connectivity index (χ2v) is 6.83. The maximum Gasteiger partial charge on any atom is 0.246 e. The lowest BCUT2D eigenvalue weighted by atomic mass is 9.75. The molecule has 1 saturated heterocycles. The topological polar surface area (TPSA) is 38.8 Å². The predicted molar refractivity (Wildman–Crippen MR) is 95.2 cm³/mol. The molecule has 1 amide bonds. The summed E-state index contributed by atoms with van der Waals surface area (Å²) in [6.07, 6.45) is 10.0. The minimum absolute atomic E-state index is 0.119. The summed E-state index contributed by atoms with van der Waals surface area (Å²) >= 11 is 0. The molecule has 4 heteroatoms. The van der Waals surface area contributed by atoms with E-state index in [1.807, 2.05) is 29.2 Å². The highest BCUT2D eigenvalue weighted by molar-refractivity contribution is 5.92. The first kappa shape index (κ1) is 16.9. The summed E-state index contributed by atoms with van der Waals surface area (Å²) < 4.78 is 10.5. The summed E-state index contributed by atoms with van der Waals surface area (Å²) in [5, 5.41) is 0. The number of likely N-dealkylation sites (tertiary alicyclic amines) is 1. The molecule has 1 aliphatic carbocycles. The maximum absolute atomic E-state index is 12.5. The molecule has 1 saturated carbocycles. The number of methoxy groups -OCH3 is 2. The van der Waals surface area contributed by atoms with Gasteiger partial charge in [0.05, 0.1) is 14.2 Å². The molecule has 0 spiro atoms. The van der Waals surface area contributed by atoms with Crippen LogP contribution in [0.15, 0.2) is 24.3 Å². The molecule has 0 bridgehead atoms. The van der Waals surface area contributed by atoms with E-state index in [0.717, 1.165) is 24.6 Å². The third-order valence-corrected chi connectivity index (χ3v) is 5.43. The van der Waals surface area contributed by atoms with E-state index in [0.29, 0.717) is 17.4 Å². The zero-order valence-corrected chi connectivity index (χ0v) is 14.7. The number of hydrogen-bond donors (Lipinski definition) is 0. The van der Waals surface area contributed by atoms with E-state index in [9.17, 15) is 4.79 Å². The first-order chi connectivity index (χ1) is 11.7. The number of hydrogen-bond acceptors (Lipinski definition) is 3. The third-order valence-electron chi connectivity index (χ3n) is 5.43. The Morgan fingerprint density at radius 3 is 2.58 bits per heavy atom. The van der Waals surface area contributed by atoms with E-state index in [-0.39, 0.29) is 5.91 Å². The molecule has 1 aliphatic heterocycles. The summed E-state index contributed by atoms with van der Waals surface area (Å²) in [6.45, 7) is 1.83. The zero-order chi connectivity index (χ0) is 16.9. The van der Waals surface area contributed by atoms with Crippen LogP contribution in [0.5, 0.6) is 11.5 Å². The van der Waals surface area contributed by atoms with Gasteiger partial charge < -0.3 is 14.4 Å². The van der Waals surface area contributed by atoms with Crippen molar-refractivity contribution in [3.05, 3.63) is 29.8 Å². The van der Waals surface area contributed by atoms with Gasteiger partial charge >= 0.3 is 0 Å². The lowest BCUT2D eigenvalue weighted by Gasteiger charge is -2.41. The molecule has 2 aliphatic rings. The van der Waals surface area contributed by atoms with Gasteiger partial charge in [0.15, 0.2) is 11.5 Å². The van der Waals surface area contributed by atoms with Crippen LogP contribution in [0.1, 0.15) is 37.7 Å². The van der Waals surface area contributed by atoms with Gasteiger partial charge in [-0.2, -0.15) is 0 Å². The molecular formula is C20H27NO3. The number of carbonyl (C=O) groups excluding carboxylic acids is 1. The van der Waals surface area contributed by atoms with Crippen LogP contribution in [-0.4, -0.2) is 38.1 Å². The molecule has 24 heavy (non-hydrogen) atoms. The normalized spacial score (nSPS) is 23.8. The van der Waals surface area contributed by atoms with Crippen molar-refractivity contribution in [2.75, 3.05) is 27.3 Å². The van der Waals surface area contributed by atoms with E-state index < -0.39 is 0 Å². The Labute approximate surface area is 144 Å². The fourth-order valence-electron chi connectivity index (χ4n) is 4.03. The molecule has 130 valence electrons. The zero-order valence-electron chi connectivity index (χ0n) is 14.7. The quantitative estimate of drug-likeness (QED) is 0.790.